The monoisotopic (exact) mass is 284 g/mol. The molecule has 1 saturated carbocycles. The molecule has 6 nitrogen and oxygen atoms in total. The fraction of sp³-hybridized carbons (Fsp3) is 0.857. The van der Waals surface area contributed by atoms with Crippen LogP contribution in [0.3, 0.4) is 0 Å². The summed E-state index contributed by atoms with van der Waals surface area (Å²) in [4.78, 5) is 24.7. The zero-order valence-electron chi connectivity index (χ0n) is 12.1. The van der Waals surface area contributed by atoms with Crippen LogP contribution in [-0.2, 0) is 9.53 Å². The second kappa shape index (κ2) is 6.43. The van der Waals surface area contributed by atoms with Crippen molar-refractivity contribution in [3.63, 3.8) is 0 Å². The van der Waals surface area contributed by atoms with E-state index in [0.717, 1.165) is 45.1 Å². The molecule has 20 heavy (non-hydrogen) atoms. The molecule has 2 aliphatic rings. The van der Waals surface area contributed by atoms with E-state index in [2.05, 4.69) is 5.32 Å². The summed E-state index contributed by atoms with van der Waals surface area (Å²) in [5.41, 5.74) is -0.537. The van der Waals surface area contributed by atoms with Crippen molar-refractivity contribution in [1.82, 2.24) is 10.2 Å². The number of rotatable bonds is 5. The maximum Gasteiger partial charge on any atom is 0.317 e. The van der Waals surface area contributed by atoms with E-state index in [0.29, 0.717) is 6.54 Å². The van der Waals surface area contributed by atoms with E-state index in [9.17, 15) is 9.59 Å². The van der Waals surface area contributed by atoms with Crippen LogP contribution in [0.1, 0.15) is 44.9 Å². The van der Waals surface area contributed by atoms with Crippen LogP contribution < -0.4 is 5.32 Å². The number of nitrogens with zero attached hydrogens (tertiary/aromatic N) is 1. The average molecular weight is 284 g/mol. The van der Waals surface area contributed by atoms with Crippen LogP contribution in [0.15, 0.2) is 0 Å². The third-order valence-corrected chi connectivity index (χ3v) is 4.27. The highest BCUT2D eigenvalue weighted by Gasteiger charge is 2.41. The highest BCUT2D eigenvalue weighted by atomic mass is 16.5. The van der Waals surface area contributed by atoms with Gasteiger partial charge in [0, 0.05) is 20.2 Å². The maximum atomic E-state index is 12.2. The van der Waals surface area contributed by atoms with Gasteiger partial charge in [-0.3, -0.25) is 4.79 Å². The Morgan fingerprint density at radius 2 is 2.10 bits per heavy atom. The summed E-state index contributed by atoms with van der Waals surface area (Å²) < 4.78 is 5.62. The number of likely N-dealkylation sites (N-methyl/N-ethyl adjacent to an activating group) is 1. The van der Waals surface area contributed by atoms with Gasteiger partial charge in [-0.05, 0) is 38.5 Å². The van der Waals surface area contributed by atoms with Crippen molar-refractivity contribution >= 4 is 12.0 Å². The molecule has 6 heteroatoms. The molecule has 1 heterocycles. The minimum Gasteiger partial charge on any atom is -0.481 e. The lowest BCUT2D eigenvalue weighted by Crippen LogP contribution is -2.58. The highest BCUT2D eigenvalue weighted by Crippen LogP contribution is 2.35. The van der Waals surface area contributed by atoms with Crippen molar-refractivity contribution < 1.29 is 19.4 Å². The summed E-state index contributed by atoms with van der Waals surface area (Å²) in [5, 5.41) is 11.8. The fourth-order valence-electron chi connectivity index (χ4n) is 2.90. The lowest BCUT2D eigenvalue weighted by atomic mass is 9.74. The number of hydrogen-bond donors (Lipinski definition) is 2. The van der Waals surface area contributed by atoms with E-state index in [4.69, 9.17) is 9.84 Å². The minimum atomic E-state index is -0.858. The number of carboxylic acids is 1. The van der Waals surface area contributed by atoms with E-state index < -0.39 is 11.5 Å². The lowest BCUT2D eigenvalue weighted by Gasteiger charge is -2.42. The molecular weight excluding hydrogens is 260 g/mol. The van der Waals surface area contributed by atoms with Gasteiger partial charge in [0.1, 0.15) is 0 Å². The molecule has 1 aliphatic heterocycles. The molecule has 0 spiro atoms. The standard InChI is InChI=1S/C14H24N2O4/c1-16(10-11-5-2-3-8-20-11)13(19)15-14(6-4-7-14)9-12(17)18/h11H,2-10H2,1H3,(H,15,19)(H,17,18). The number of aliphatic carboxylic acids is 1. The van der Waals surface area contributed by atoms with Crippen molar-refractivity contribution in [2.75, 3.05) is 20.2 Å². The molecule has 1 atom stereocenters. The molecule has 2 N–H and O–H groups in total. The first kappa shape index (κ1) is 15.1. The Kier molecular flexibility index (Phi) is 4.86. The third-order valence-electron chi connectivity index (χ3n) is 4.27. The smallest absolute Gasteiger partial charge is 0.317 e. The van der Waals surface area contributed by atoms with Crippen LogP contribution in [0.4, 0.5) is 4.79 Å². The Labute approximate surface area is 119 Å². The van der Waals surface area contributed by atoms with E-state index in [1.165, 1.54) is 0 Å². The number of amides is 2. The fourth-order valence-corrected chi connectivity index (χ4v) is 2.90. The first-order valence-corrected chi connectivity index (χ1v) is 7.37. The number of nitrogens with one attached hydrogen (secondary N) is 1. The summed E-state index contributed by atoms with van der Waals surface area (Å²) in [6.45, 7) is 1.33. The molecule has 1 unspecified atom stereocenters. The zero-order valence-corrected chi connectivity index (χ0v) is 12.1. The summed E-state index contributed by atoms with van der Waals surface area (Å²) in [5.74, 6) is -0.858. The number of carboxylic acid groups (broad SMARTS) is 1. The molecule has 2 rings (SSSR count). The number of ether oxygens (including phenoxy) is 1. The Morgan fingerprint density at radius 3 is 2.60 bits per heavy atom. The van der Waals surface area contributed by atoms with Gasteiger partial charge in [-0.1, -0.05) is 0 Å². The Morgan fingerprint density at radius 1 is 1.35 bits per heavy atom. The molecule has 1 saturated heterocycles. The molecule has 2 amide bonds. The average Bonchev–Trinajstić information content (AvgIpc) is 2.36. The summed E-state index contributed by atoms with van der Waals surface area (Å²) >= 11 is 0. The zero-order chi connectivity index (χ0) is 14.6. The van der Waals surface area contributed by atoms with Crippen LogP contribution in [0.2, 0.25) is 0 Å². The van der Waals surface area contributed by atoms with Gasteiger partial charge in [0.05, 0.1) is 18.1 Å². The summed E-state index contributed by atoms with van der Waals surface area (Å²) in [7, 11) is 1.74. The first-order valence-electron chi connectivity index (χ1n) is 7.37. The van der Waals surface area contributed by atoms with Crippen LogP contribution in [-0.4, -0.2) is 53.8 Å². The van der Waals surface area contributed by atoms with E-state index in [1.54, 1.807) is 11.9 Å². The Bertz CT molecular complexity index is 362. The van der Waals surface area contributed by atoms with Crippen LogP contribution >= 0.6 is 0 Å². The molecule has 0 bridgehead atoms. The predicted octanol–water partition coefficient (Wildman–Crippen LogP) is 1.59. The highest BCUT2D eigenvalue weighted by molar-refractivity contribution is 5.77. The molecule has 114 valence electrons. The van der Waals surface area contributed by atoms with Gasteiger partial charge in [0.2, 0.25) is 0 Å². The minimum absolute atomic E-state index is 0.00646. The molecule has 0 aromatic heterocycles. The Hall–Kier alpha value is -1.30. The van der Waals surface area contributed by atoms with Crippen LogP contribution in [0, 0.1) is 0 Å². The van der Waals surface area contributed by atoms with Crippen molar-refractivity contribution in [3.8, 4) is 0 Å². The van der Waals surface area contributed by atoms with Gasteiger partial charge < -0.3 is 20.1 Å². The van der Waals surface area contributed by atoms with Gasteiger partial charge in [-0.15, -0.1) is 0 Å². The maximum absolute atomic E-state index is 12.2. The van der Waals surface area contributed by atoms with Gasteiger partial charge in [0.25, 0.3) is 0 Å². The summed E-state index contributed by atoms with van der Waals surface area (Å²) in [6, 6.07) is -0.194. The number of carbonyl (C=O) groups is 2. The lowest BCUT2D eigenvalue weighted by molar-refractivity contribution is -0.139. The quantitative estimate of drug-likeness (QED) is 0.803. The van der Waals surface area contributed by atoms with Crippen molar-refractivity contribution in [2.45, 2.75) is 56.6 Å². The number of carbonyl (C=O) groups excluding carboxylic acids is 1. The topological polar surface area (TPSA) is 78.9 Å². The second-order valence-corrected chi connectivity index (χ2v) is 6.00. The molecule has 0 aromatic rings. The first-order chi connectivity index (χ1) is 9.51. The van der Waals surface area contributed by atoms with E-state index in [-0.39, 0.29) is 18.6 Å². The summed E-state index contributed by atoms with van der Waals surface area (Å²) in [6.07, 6.45) is 5.80. The Balaban J connectivity index is 1.81. The molecule has 2 fully saturated rings. The third kappa shape index (κ3) is 3.85. The normalized spacial score (nSPS) is 24.6. The molecule has 1 aliphatic carbocycles. The van der Waals surface area contributed by atoms with Gasteiger partial charge >= 0.3 is 12.0 Å². The SMILES string of the molecule is CN(CC1CCCCO1)C(=O)NC1(CC(=O)O)CCC1. The molecular formula is C14H24N2O4. The van der Waals surface area contributed by atoms with Crippen LogP contribution in [0.5, 0.6) is 0 Å². The van der Waals surface area contributed by atoms with Crippen molar-refractivity contribution in [2.24, 2.45) is 0 Å². The molecule has 0 aromatic carbocycles. The molecule has 0 radical (unpaired) electrons. The van der Waals surface area contributed by atoms with Crippen molar-refractivity contribution in [1.29, 1.82) is 0 Å². The number of hydrogen-bond acceptors (Lipinski definition) is 3. The van der Waals surface area contributed by atoms with Crippen molar-refractivity contribution in [3.05, 3.63) is 0 Å². The second-order valence-electron chi connectivity index (χ2n) is 6.00. The largest absolute Gasteiger partial charge is 0.481 e. The van der Waals surface area contributed by atoms with Gasteiger partial charge in [-0.25, -0.2) is 4.79 Å². The van der Waals surface area contributed by atoms with Gasteiger partial charge in [0.15, 0.2) is 0 Å². The van der Waals surface area contributed by atoms with E-state index in [1.807, 2.05) is 0 Å². The van der Waals surface area contributed by atoms with Crippen LogP contribution in [0.25, 0.3) is 0 Å². The number of urea groups is 1. The van der Waals surface area contributed by atoms with Gasteiger partial charge in [-0.2, -0.15) is 0 Å². The van der Waals surface area contributed by atoms with E-state index >= 15 is 0 Å². The predicted molar refractivity (Wildman–Crippen MR) is 73.6 cm³/mol.